The quantitative estimate of drug-likeness (QED) is 0.354. The number of halogens is 1. The number of nitrogens with one attached hydrogen (secondary N) is 1. The summed E-state index contributed by atoms with van der Waals surface area (Å²) in [6, 6.07) is 22.8. The predicted molar refractivity (Wildman–Crippen MR) is 121 cm³/mol. The second-order valence-electron chi connectivity index (χ2n) is 6.57. The van der Waals surface area contributed by atoms with Crippen LogP contribution in [0.3, 0.4) is 0 Å². The first-order chi connectivity index (χ1) is 13.8. The van der Waals surface area contributed by atoms with E-state index in [4.69, 9.17) is 0 Å². The van der Waals surface area contributed by atoms with Crippen LogP contribution in [-0.2, 0) is 6.54 Å². The molecule has 0 saturated carbocycles. The normalized spacial score (nSPS) is 11.2. The molecule has 0 fully saturated rings. The van der Waals surface area contributed by atoms with Gasteiger partial charge in [-0.1, -0.05) is 30.3 Å². The minimum absolute atomic E-state index is 0.756. The first-order valence-corrected chi connectivity index (χ1v) is 10.0. The smallest absolute Gasteiger partial charge is 0.141 e. The molecule has 136 valence electrons. The molecule has 6 heteroatoms. The van der Waals surface area contributed by atoms with Gasteiger partial charge in [-0.05, 0) is 64.6 Å². The third-order valence-electron chi connectivity index (χ3n) is 4.68. The summed E-state index contributed by atoms with van der Waals surface area (Å²) in [6.07, 6.45) is 3.50. The van der Waals surface area contributed by atoms with Crippen LogP contribution in [0.1, 0.15) is 5.56 Å². The SMILES string of the molecule is Ic1ccc2ncnc(Nc3ccc4c(cnn4Cc4ccccc4)c3)c2c1. The highest BCUT2D eigenvalue weighted by Gasteiger charge is 2.08. The van der Waals surface area contributed by atoms with E-state index in [1.165, 1.54) is 5.56 Å². The average molecular weight is 477 g/mol. The Hall–Kier alpha value is -3.00. The van der Waals surface area contributed by atoms with Crippen molar-refractivity contribution < 1.29 is 0 Å². The monoisotopic (exact) mass is 477 g/mol. The van der Waals surface area contributed by atoms with E-state index in [1.807, 2.05) is 29.1 Å². The first-order valence-electron chi connectivity index (χ1n) is 8.93. The summed E-state index contributed by atoms with van der Waals surface area (Å²) in [5, 5.41) is 10.1. The van der Waals surface area contributed by atoms with Gasteiger partial charge in [-0.15, -0.1) is 0 Å². The van der Waals surface area contributed by atoms with Crippen LogP contribution in [0.2, 0.25) is 0 Å². The standard InChI is InChI=1S/C22H16IN5/c23-17-6-8-20-19(11-17)22(25-14-24-20)27-18-7-9-21-16(10-18)12-26-28(21)13-15-4-2-1-3-5-15/h1-12,14H,13H2,(H,24,25,27). The van der Waals surface area contributed by atoms with Crippen LogP contribution >= 0.6 is 22.6 Å². The molecule has 0 radical (unpaired) electrons. The van der Waals surface area contributed by atoms with Gasteiger partial charge >= 0.3 is 0 Å². The molecule has 5 rings (SSSR count). The van der Waals surface area contributed by atoms with Crippen molar-refractivity contribution >= 4 is 55.9 Å². The molecule has 0 spiro atoms. The van der Waals surface area contributed by atoms with E-state index in [9.17, 15) is 0 Å². The van der Waals surface area contributed by atoms with Gasteiger partial charge in [0.2, 0.25) is 0 Å². The zero-order chi connectivity index (χ0) is 18.9. The predicted octanol–water partition coefficient (Wildman–Crippen LogP) is 5.38. The lowest BCUT2D eigenvalue weighted by Crippen LogP contribution is -2.01. The first kappa shape index (κ1) is 17.1. The Morgan fingerprint density at radius 1 is 0.929 bits per heavy atom. The number of rotatable bonds is 4. The number of anilines is 2. The summed E-state index contributed by atoms with van der Waals surface area (Å²) in [7, 11) is 0. The molecule has 0 aliphatic heterocycles. The van der Waals surface area contributed by atoms with Crippen LogP contribution in [0.25, 0.3) is 21.8 Å². The maximum Gasteiger partial charge on any atom is 0.141 e. The topological polar surface area (TPSA) is 55.6 Å². The van der Waals surface area contributed by atoms with Crippen molar-refractivity contribution in [3.63, 3.8) is 0 Å². The Bertz CT molecular complexity index is 1280. The third-order valence-corrected chi connectivity index (χ3v) is 5.35. The fraction of sp³-hybridized carbons (Fsp3) is 0.0455. The lowest BCUT2D eigenvalue weighted by atomic mass is 10.2. The van der Waals surface area contributed by atoms with Gasteiger partial charge in [-0.3, -0.25) is 4.68 Å². The van der Waals surface area contributed by atoms with Crippen LogP contribution < -0.4 is 5.32 Å². The van der Waals surface area contributed by atoms with Crippen molar-refractivity contribution in [3.8, 4) is 0 Å². The van der Waals surface area contributed by atoms with Gasteiger partial charge in [0.05, 0.1) is 23.8 Å². The fourth-order valence-corrected chi connectivity index (χ4v) is 3.80. The molecule has 1 N–H and O–H groups in total. The fourth-order valence-electron chi connectivity index (χ4n) is 3.31. The van der Waals surface area contributed by atoms with Crippen LogP contribution in [-0.4, -0.2) is 19.7 Å². The lowest BCUT2D eigenvalue weighted by Gasteiger charge is -2.09. The molecule has 0 aliphatic carbocycles. The van der Waals surface area contributed by atoms with Gasteiger partial charge in [0.25, 0.3) is 0 Å². The van der Waals surface area contributed by atoms with Crippen molar-refractivity contribution in [3.05, 3.63) is 88.4 Å². The summed E-state index contributed by atoms with van der Waals surface area (Å²) >= 11 is 2.30. The van der Waals surface area contributed by atoms with Gasteiger partial charge in [-0.25, -0.2) is 9.97 Å². The largest absolute Gasteiger partial charge is 0.340 e. The molecule has 0 saturated heterocycles. The molecule has 0 unspecified atom stereocenters. The molecule has 0 bridgehead atoms. The number of benzene rings is 3. The molecule has 2 heterocycles. The highest BCUT2D eigenvalue weighted by atomic mass is 127. The molecule has 5 aromatic rings. The number of fused-ring (bicyclic) bond motifs is 2. The van der Waals surface area contributed by atoms with Gasteiger partial charge in [0.1, 0.15) is 12.1 Å². The van der Waals surface area contributed by atoms with Crippen LogP contribution in [0.15, 0.2) is 79.3 Å². The van der Waals surface area contributed by atoms with Gasteiger partial charge in [0, 0.05) is 20.0 Å². The maximum atomic E-state index is 4.56. The van der Waals surface area contributed by atoms with Gasteiger partial charge in [0.15, 0.2) is 0 Å². The van der Waals surface area contributed by atoms with E-state index in [-0.39, 0.29) is 0 Å². The third kappa shape index (κ3) is 3.31. The number of aromatic nitrogens is 4. The van der Waals surface area contributed by atoms with Crippen molar-refractivity contribution in [2.75, 3.05) is 5.32 Å². The molecule has 2 aromatic heterocycles. The second-order valence-corrected chi connectivity index (χ2v) is 7.82. The highest BCUT2D eigenvalue weighted by molar-refractivity contribution is 14.1. The van der Waals surface area contributed by atoms with E-state index in [1.54, 1.807) is 6.33 Å². The number of nitrogens with zero attached hydrogens (tertiary/aromatic N) is 4. The number of hydrogen-bond acceptors (Lipinski definition) is 4. The van der Waals surface area contributed by atoms with Crippen molar-refractivity contribution in [1.82, 2.24) is 19.7 Å². The van der Waals surface area contributed by atoms with E-state index >= 15 is 0 Å². The Morgan fingerprint density at radius 3 is 2.71 bits per heavy atom. The van der Waals surface area contributed by atoms with Crippen LogP contribution in [0.5, 0.6) is 0 Å². The Kier molecular flexibility index (Phi) is 4.40. The van der Waals surface area contributed by atoms with E-state index in [0.717, 1.165) is 43.4 Å². The Balaban J connectivity index is 1.47. The van der Waals surface area contributed by atoms with Crippen molar-refractivity contribution in [2.24, 2.45) is 0 Å². The van der Waals surface area contributed by atoms with Gasteiger partial charge < -0.3 is 5.32 Å². The van der Waals surface area contributed by atoms with Crippen molar-refractivity contribution in [2.45, 2.75) is 6.54 Å². The van der Waals surface area contributed by atoms with Gasteiger partial charge in [-0.2, -0.15) is 5.10 Å². The number of hydrogen-bond donors (Lipinski definition) is 1. The summed E-state index contributed by atoms with van der Waals surface area (Å²) in [4.78, 5) is 8.79. The van der Waals surface area contributed by atoms with Crippen LogP contribution in [0.4, 0.5) is 11.5 Å². The molecular formula is C22H16IN5. The average Bonchev–Trinajstić information content (AvgIpc) is 3.11. The highest BCUT2D eigenvalue weighted by Crippen LogP contribution is 2.27. The molecule has 0 atom stereocenters. The molecule has 0 aliphatic rings. The Labute approximate surface area is 175 Å². The summed E-state index contributed by atoms with van der Waals surface area (Å²) in [6.45, 7) is 0.756. The second kappa shape index (κ2) is 7.20. The zero-order valence-corrected chi connectivity index (χ0v) is 17.0. The molecule has 3 aromatic carbocycles. The minimum atomic E-state index is 0.756. The zero-order valence-electron chi connectivity index (χ0n) is 14.9. The molecule has 0 amide bonds. The summed E-state index contributed by atoms with van der Waals surface area (Å²) in [5.74, 6) is 0.805. The molecule has 28 heavy (non-hydrogen) atoms. The molecular weight excluding hydrogens is 461 g/mol. The summed E-state index contributed by atoms with van der Waals surface area (Å²) in [5.41, 5.74) is 4.24. The van der Waals surface area contributed by atoms with E-state index < -0.39 is 0 Å². The Morgan fingerprint density at radius 2 is 1.82 bits per heavy atom. The van der Waals surface area contributed by atoms with Crippen LogP contribution in [0, 0.1) is 3.57 Å². The maximum absolute atomic E-state index is 4.56. The minimum Gasteiger partial charge on any atom is -0.340 e. The van der Waals surface area contributed by atoms with E-state index in [2.05, 4.69) is 91.5 Å². The van der Waals surface area contributed by atoms with E-state index in [0.29, 0.717) is 0 Å². The van der Waals surface area contributed by atoms with Crippen molar-refractivity contribution in [1.29, 1.82) is 0 Å². The summed E-state index contributed by atoms with van der Waals surface area (Å²) < 4.78 is 3.18. The lowest BCUT2D eigenvalue weighted by molar-refractivity contribution is 0.712. The molecule has 5 nitrogen and oxygen atoms in total.